The maximum absolute atomic E-state index is 5.66. The number of fused-ring (bicyclic) bond motifs is 1. The molecule has 0 aliphatic carbocycles. The number of hydrogen-bond acceptors (Lipinski definition) is 3. The molecule has 0 aliphatic rings. The first-order valence-electron chi connectivity index (χ1n) is 7.84. The monoisotopic (exact) mass is 314 g/mol. The number of nitrogens with one attached hydrogen (secondary N) is 1. The average Bonchev–Trinajstić information content (AvgIpc) is 3.15. The molecule has 3 rings (SSSR count). The third kappa shape index (κ3) is 3.03. The van der Waals surface area contributed by atoms with E-state index in [0.29, 0.717) is 6.61 Å². The molecular formula is C18H22N2OS. The molecule has 0 spiro atoms. The van der Waals surface area contributed by atoms with Gasteiger partial charge in [0.05, 0.1) is 17.2 Å². The van der Waals surface area contributed by atoms with Crippen molar-refractivity contribution in [1.29, 1.82) is 0 Å². The van der Waals surface area contributed by atoms with Crippen LogP contribution < -0.4 is 10.5 Å². The van der Waals surface area contributed by atoms with Crippen LogP contribution in [0.4, 0.5) is 0 Å². The number of aromatic nitrogens is 1. The van der Waals surface area contributed by atoms with Crippen LogP contribution in [0.5, 0.6) is 5.75 Å². The molecule has 3 aromatic rings. The highest BCUT2D eigenvalue weighted by atomic mass is 32.1. The van der Waals surface area contributed by atoms with Crippen LogP contribution in [0.1, 0.15) is 25.3 Å². The van der Waals surface area contributed by atoms with Gasteiger partial charge < -0.3 is 15.5 Å². The van der Waals surface area contributed by atoms with Crippen LogP contribution in [0.25, 0.3) is 21.5 Å². The number of H-pyrrole nitrogens is 1. The topological polar surface area (TPSA) is 51.0 Å². The van der Waals surface area contributed by atoms with Gasteiger partial charge in [0.2, 0.25) is 0 Å². The minimum absolute atomic E-state index is 0.691. The molecule has 2 heterocycles. The van der Waals surface area contributed by atoms with E-state index in [2.05, 4.69) is 34.6 Å². The SMILES string of the molecule is CCOc1ccc2[nH]c(-c3cccs3)c(CCCCN)c2c1. The Kier molecular flexibility index (Phi) is 4.80. The summed E-state index contributed by atoms with van der Waals surface area (Å²) in [4.78, 5) is 4.88. The Bertz CT molecular complexity index is 731. The summed E-state index contributed by atoms with van der Waals surface area (Å²) in [5.74, 6) is 0.937. The second-order valence-corrected chi connectivity index (χ2v) is 6.29. The molecule has 0 amide bonds. The number of ether oxygens (including phenoxy) is 1. The number of benzene rings is 1. The minimum Gasteiger partial charge on any atom is -0.494 e. The van der Waals surface area contributed by atoms with E-state index >= 15 is 0 Å². The Hall–Kier alpha value is -1.78. The molecule has 0 saturated heterocycles. The summed E-state index contributed by atoms with van der Waals surface area (Å²) in [6, 6.07) is 10.6. The van der Waals surface area contributed by atoms with E-state index in [-0.39, 0.29) is 0 Å². The lowest BCUT2D eigenvalue weighted by Crippen LogP contribution is -1.99. The van der Waals surface area contributed by atoms with E-state index in [1.807, 2.05) is 13.0 Å². The van der Waals surface area contributed by atoms with Crippen molar-refractivity contribution in [2.24, 2.45) is 5.73 Å². The largest absolute Gasteiger partial charge is 0.494 e. The van der Waals surface area contributed by atoms with E-state index in [4.69, 9.17) is 10.5 Å². The predicted octanol–water partition coefficient (Wildman–Crippen LogP) is 4.58. The first-order valence-corrected chi connectivity index (χ1v) is 8.72. The number of thiophene rings is 1. The van der Waals surface area contributed by atoms with Crippen molar-refractivity contribution in [2.45, 2.75) is 26.2 Å². The van der Waals surface area contributed by atoms with E-state index in [1.165, 1.54) is 27.0 Å². The second kappa shape index (κ2) is 6.99. The van der Waals surface area contributed by atoms with Crippen molar-refractivity contribution in [2.75, 3.05) is 13.2 Å². The van der Waals surface area contributed by atoms with Gasteiger partial charge in [-0.1, -0.05) is 6.07 Å². The standard InChI is InChI=1S/C18H22N2OS/c1-2-21-13-8-9-16-15(12-13)14(6-3-4-10-19)18(20-16)17-7-5-11-22-17/h5,7-9,11-12,20H,2-4,6,10,19H2,1H3. The Morgan fingerprint density at radius 1 is 1.23 bits per heavy atom. The zero-order valence-electron chi connectivity index (χ0n) is 12.9. The molecule has 0 saturated carbocycles. The van der Waals surface area contributed by atoms with Crippen molar-refractivity contribution >= 4 is 22.2 Å². The molecule has 0 atom stereocenters. The molecule has 22 heavy (non-hydrogen) atoms. The lowest BCUT2D eigenvalue weighted by Gasteiger charge is -2.05. The van der Waals surface area contributed by atoms with Crippen molar-refractivity contribution in [3.8, 4) is 16.3 Å². The summed E-state index contributed by atoms with van der Waals surface area (Å²) in [5, 5.41) is 3.39. The molecule has 1 aromatic carbocycles. The van der Waals surface area contributed by atoms with Gasteiger partial charge in [-0.3, -0.25) is 0 Å². The lowest BCUT2D eigenvalue weighted by molar-refractivity contribution is 0.340. The van der Waals surface area contributed by atoms with Crippen LogP contribution >= 0.6 is 11.3 Å². The molecule has 0 unspecified atom stereocenters. The number of aromatic amines is 1. The van der Waals surface area contributed by atoms with Gasteiger partial charge in [0, 0.05) is 10.9 Å². The Morgan fingerprint density at radius 2 is 2.14 bits per heavy atom. The van der Waals surface area contributed by atoms with Gasteiger partial charge in [0.25, 0.3) is 0 Å². The van der Waals surface area contributed by atoms with E-state index in [0.717, 1.165) is 31.6 Å². The maximum atomic E-state index is 5.66. The predicted molar refractivity (Wildman–Crippen MR) is 94.8 cm³/mol. The fraction of sp³-hybridized carbons (Fsp3) is 0.333. The third-order valence-electron chi connectivity index (χ3n) is 3.84. The van der Waals surface area contributed by atoms with Crippen LogP contribution in [0, 0.1) is 0 Å². The Balaban J connectivity index is 2.06. The number of nitrogens with two attached hydrogens (primary N) is 1. The highest BCUT2D eigenvalue weighted by Gasteiger charge is 2.14. The molecular weight excluding hydrogens is 292 g/mol. The fourth-order valence-corrected chi connectivity index (χ4v) is 3.57. The molecule has 0 aliphatic heterocycles. The highest BCUT2D eigenvalue weighted by Crippen LogP contribution is 2.35. The van der Waals surface area contributed by atoms with Crippen molar-refractivity contribution in [1.82, 2.24) is 4.98 Å². The zero-order chi connectivity index (χ0) is 15.4. The van der Waals surface area contributed by atoms with Crippen molar-refractivity contribution in [3.63, 3.8) is 0 Å². The van der Waals surface area contributed by atoms with Crippen LogP contribution in [-0.2, 0) is 6.42 Å². The molecule has 4 heteroatoms. The molecule has 3 nitrogen and oxygen atoms in total. The smallest absolute Gasteiger partial charge is 0.120 e. The summed E-state index contributed by atoms with van der Waals surface area (Å²) in [6.45, 7) is 3.46. The minimum atomic E-state index is 0.691. The number of aryl methyl sites for hydroxylation is 1. The van der Waals surface area contributed by atoms with Gasteiger partial charge in [-0.15, -0.1) is 11.3 Å². The molecule has 116 valence electrons. The molecule has 0 radical (unpaired) electrons. The number of hydrogen-bond donors (Lipinski definition) is 2. The molecule has 3 N–H and O–H groups in total. The van der Waals surface area contributed by atoms with Gasteiger partial charge in [0.15, 0.2) is 0 Å². The first-order chi connectivity index (χ1) is 10.8. The normalized spacial score (nSPS) is 11.2. The number of rotatable bonds is 7. The first kappa shape index (κ1) is 15.1. The quantitative estimate of drug-likeness (QED) is 0.627. The summed E-state index contributed by atoms with van der Waals surface area (Å²) in [7, 11) is 0. The van der Waals surface area contributed by atoms with Crippen LogP contribution in [0.3, 0.4) is 0 Å². The van der Waals surface area contributed by atoms with Gasteiger partial charge in [-0.2, -0.15) is 0 Å². The highest BCUT2D eigenvalue weighted by molar-refractivity contribution is 7.13. The summed E-state index contributed by atoms with van der Waals surface area (Å²) in [6.07, 6.45) is 3.21. The summed E-state index contributed by atoms with van der Waals surface area (Å²) < 4.78 is 5.66. The second-order valence-electron chi connectivity index (χ2n) is 5.34. The fourth-order valence-electron chi connectivity index (χ4n) is 2.82. The van der Waals surface area contributed by atoms with Crippen molar-refractivity contribution in [3.05, 3.63) is 41.3 Å². The van der Waals surface area contributed by atoms with Gasteiger partial charge in [-0.05, 0) is 67.9 Å². The zero-order valence-corrected chi connectivity index (χ0v) is 13.7. The average molecular weight is 314 g/mol. The van der Waals surface area contributed by atoms with Crippen molar-refractivity contribution < 1.29 is 4.74 Å². The summed E-state index contributed by atoms with van der Waals surface area (Å²) in [5.41, 5.74) is 9.45. The van der Waals surface area contributed by atoms with E-state index in [9.17, 15) is 0 Å². The van der Waals surface area contributed by atoms with Crippen LogP contribution in [0.15, 0.2) is 35.7 Å². The molecule has 0 fully saturated rings. The number of unbranched alkanes of at least 4 members (excludes halogenated alkanes) is 1. The summed E-state index contributed by atoms with van der Waals surface area (Å²) >= 11 is 1.77. The van der Waals surface area contributed by atoms with Crippen LogP contribution in [-0.4, -0.2) is 18.1 Å². The molecule has 2 aromatic heterocycles. The molecule has 0 bridgehead atoms. The Morgan fingerprint density at radius 3 is 2.86 bits per heavy atom. The van der Waals surface area contributed by atoms with Gasteiger partial charge in [-0.25, -0.2) is 0 Å². The van der Waals surface area contributed by atoms with Gasteiger partial charge >= 0.3 is 0 Å². The van der Waals surface area contributed by atoms with E-state index in [1.54, 1.807) is 11.3 Å². The Labute approximate surface area is 135 Å². The third-order valence-corrected chi connectivity index (χ3v) is 4.72. The lowest BCUT2D eigenvalue weighted by atomic mass is 10.0. The van der Waals surface area contributed by atoms with Gasteiger partial charge in [0.1, 0.15) is 5.75 Å². The maximum Gasteiger partial charge on any atom is 0.120 e. The van der Waals surface area contributed by atoms with E-state index < -0.39 is 0 Å². The van der Waals surface area contributed by atoms with Crippen LogP contribution in [0.2, 0.25) is 0 Å².